The summed E-state index contributed by atoms with van der Waals surface area (Å²) in [7, 11) is 0.517. The molecule has 26 heavy (non-hydrogen) atoms. The van der Waals surface area contributed by atoms with E-state index in [1.165, 1.54) is 24.5 Å². The standard InChI is InChI=1S/C19H24FN3O2S/c1-23(2)19(21-12-15-7-5-4-6-8-15)22-13-17-11-18(20)10-9-16(17)14-26(3,24)25/h4-11H,12-14H2,1-3H3,(H,21,22). The van der Waals surface area contributed by atoms with Crippen LogP contribution in [0.1, 0.15) is 16.7 Å². The van der Waals surface area contributed by atoms with E-state index in [0.717, 1.165) is 5.56 Å². The average Bonchev–Trinajstić information content (AvgIpc) is 2.56. The van der Waals surface area contributed by atoms with Crippen molar-refractivity contribution in [2.75, 3.05) is 20.4 Å². The number of halogens is 1. The minimum Gasteiger partial charge on any atom is -0.352 e. The van der Waals surface area contributed by atoms with Gasteiger partial charge < -0.3 is 10.2 Å². The minimum atomic E-state index is -3.20. The largest absolute Gasteiger partial charge is 0.352 e. The fourth-order valence-electron chi connectivity index (χ4n) is 2.46. The van der Waals surface area contributed by atoms with Gasteiger partial charge in [-0.15, -0.1) is 0 Å². The molecule has 0 aliphatic carbocycles. The van der Waals surface area contributed by atoms with E-state index < -0.39 is 15.7 Å². The van der Waals surface area contributed by atoms with Gasteiger partial charge in [0.15, 0.2) is 15.8 Å². The number of nitrogens with one attached hydrogen (secondary N) is 1. The van der Waals surface area contributed by atoms with Crippen molar-refractivity contribution in [1.82, 2.24) is 10.2 Å². The fraction of sp³-hybridized carbons (Fsp3) is 0.316. The first-order valence-corrected chi connectivity index (χ1v) is 10.3. The van der Waals surface area contributed by atoms with E-state index in [4.69, 9.17) is 0 Å². The second kappa shape index (κ2) is 8.80. The fourth-order valence-corrected chi connectivity index (χ4v) is 3.31. The summed E-state index contributed by atoms with van der Waals surface area (Å²) in [4.78, 5) is 6.39. The predicted molar refractivity (Wildman–Crippen MR) is 103 cm³/mol. The molecule has 2 rings (SSSR count). The summed E-state index contributed by atoms with van der Waals surface area (Å²) in [6.45, 7) is 0.801. The van der Waals surface area contributed by atoms with E-state index in [0.29, 0.717) is 23.6 Å². The molecule has 0 fully saturated rings. The predicted octanol–water partition coefficient (Wildman–Crippen LogP) is 2.58. The zero-order valence-electron chi connectivity index (χ0n) is 15.2. The number of hydrogen-bond donors (Lipinski definition) is 1. The molecule has 0 heterocycles. The van der Waals surface area contributed by atoms with Crippen molar-refractivity contribution >= 4 is 15.8 Å². The molecular weight excluding hydrogens is 353 g/mol. The van der Waals surface area contributed by atoms with Gasteiger partial charge in [-0.2, -0.15) is 0 Å². The van der Waals surface area contributed by atoms with Gasteiger partial charge >= 0.3 is 0 Å². The Kier molecular flexibility index (Phi) is 6.74. The van der Waals surface area contributed by atoms with E-state index >= 15 is 0 Å². The Morgan fingerprint density at radius 1 is 1.12 bits per heavy atom. The van der Waals surface area contributed by atoms with Gasteiger partial charge in [-0.3, -0.25) is 0 Å². The zero-order chi connectivity index (χ0) is 19.2. The van der Waals surface area contributed by atoms with Gasteiger partial charge in [0, 0.05) is 26.9 Å². The Morgan fingerprint density at radius 2 is 1.81 bits per heavy atom. The van der Waals surface area contributed by atoms with Crippen LogP contribution >= 0.6 is 0 Å². The summed E-state index contributed by atoms with van der Waals surface area (Å²) in [5, 5.41) is 3.17. The van der Waals surface area contributed by atoms with Gasteiger partial charge in [0.1, 0.15) is 5.82 Å². The van der Waals surface area contributed by atoms with E-state index in [-0.39, 0.29) is 12.3 Å². The van der Waals surface area contributed by atoms with Gasteiger partial charge in [0.25, 0.3) is 0 Å². The lowest BCUT2D eigenvalue weighted by molar-refractivity contribution is 0.576. The molecule has 0 aromatic heterocycles. The smallest absolute Gasteiger partial charge is 0.194 e. The highest BCUT2D eigenvalue weighted by molar-refractivity contribution is 7.89. The van der Waals surface area contributed by atoms with Crippen LogP contribution < -0.4 is 5.32 Å². The molecule has 2 aromatic rings. The number of guanidine groups is 1. The number of rotatable bonds is 6. The molecule has 0 atom stereocenters. The molecule has 2 aromatic carbocycles. The van der Waals surface area contributed by atoms with Gasteiger partial charge in [-0.05, 0) is 28.8 Å². The molecule has 0 radical (unpaired) electrons. The van der Waals surface area contributed by atoms with Crippen molar-refractivity contribution in [3.05, 3.63) is 71.0 Å². The third-order valence-corrected chi connectivity index (χ3v) is 4.54. The summed E-state index contributed by atoms with van der Waals surface area (Å²) in [5.41, 5.74) is 2.27. The van der Waals surface area contributed by atoms with Crippen LogP contribution in [-0.4, -0.2) is 39.6 Å². The minimum absolute atomic E-state index is 0.122. The highest BCUT2D eigenvalue weighted by Gasteiger charge is 2.11. The van der Waals surface area contributed by atoms with Crippen LogP contribution in [0.4, 0.5) is 4.39 Å². The third-order valence-electron chi connectivity index (χ3n) is 3.70. The number of sulfone groups is 1. The van der Waals surface area contributed by atoms with Crippen molar-refractivity contribution in [2.45, 2.75) is 18.8 Å². The van der Waals surface area contributed by atoms with Crippen LogP contribution in [-0.2, 0) is 28.7 Å². The molecule has 0 bridgehead atoms. The Bertz CT molecular complexity index is 866. The topological polar surface area (TPSA) is 61.8 Å². The monoisotopic (exact) mass is 377 g/mol. The molecule has 5 nitrogen and oxygen atoms in total. The molecule has 0 saturated heterocycles. The molecule has 140 valence electrons. The molecule has 0 unspecified atom stereocenters. The number of aliphatic imine (C=N–C) groups is 1. The van der Waals surface area contributed by atoms with E-state index in [1.54, 1.807) is 0 Å². The number of nitrogens with zero attached hydrogens (tertiary/aromatic N) is 2. The quantitative estimate of drug-likeness (QED) is 0.621. The Balaban J connectivity index is 2.15. The third kappa shape index (κ3) is 6.48. The SMILES string of the molecule is CN(C)C(=NCc1ccccc1)NCc1cc(F)ccc1CS(C)(=O)=O. The van der Waals surface area contributed by atoms with Crippen LogP contribution in [0.5, 0.6) is 0 Å². The van der Waals surface area contributed by atoms with Gasteiger partial charge in [-0.25, -0.2) is 17.8 Å². The molecule has 0 aliphatic rings. The number of hydrogen-bond acceptors (Lipinski definition) is 3. The Morgan fingerprint density at radius 3 is 2.42 bits per heavy atom. The normalized spacial score (nSPS) is 12.1. The zero-order valence-corrected chi connectivity index (χ0v) is 16.1. The summed E-state index contributed by atoms with van der Waals surface area (Å²) in [5.74, 6) is 0.123. The van der Waals surface area contributed by atoms with Crippen molar-refractivity contribution in [3.63, 3.8) is 0 Å². The van der Waals surface area contributed by atoms with Crippen LogP contribution in [0.3, 0.4) is 0 Å². The summed E-state index contributed by atoms with van der Waals surface area (Å²) in [6, 6.07) is 14.0. The van der Waals surface area contributed by atoms with Crippen molar-refractivity contribution in [3.8, 4) is 0 Å². The van der Waals surface area contributed by atoms with Gasteiger partial charge in [0.2, 0.25) is 0 Å². The maximum atomic E-state index is 13.6. The molecule has 7 heteroatoms. The lowest BCUT2D eigenvalue weighted by Gasteiger charge is -2.19. The summed E-state index contributed by atoms with van der Waals surface area (Å²) >= 11 is 0. The highest BCUT2D eigenvalue weighted by Crippen LogP contribution is 2.14. The number of benzene rings is 2. The first-order chi connectivity index (χ1) is 12.2. The lowest BCUT2D eigenvalue weighted by atomic mass is 10.1. The lowest BCUT2D eigenvalue weighted by Crippen LogP contribution is -2.36. The molecule has 0 saturated carbocycles. The Hall–Kier alpha value is -2.41. The maximum absolute atomic E-state index is 13.6. The van der Waals surface area contributed by atoms with Crippen molar-refractivity contribution < 1.29 is 12.8 Å². The van der Waals surface area contributed by atoms with Gasteiger partial charge in [0.05, 0.1) is 12.3 Å². The second-order valence-electron chi connectivity index (χ2n) is 6.36. The van der Waals surface area contributed by atoms with Crippen LogP contribution in [0.2, 0.25) is 0 Å². The second-order valence-corrected chi connectivity index (χ2v) is 8.50. The van der Waals surface area contributed by atoms with Crippen molar-refractivity contribution in [1.29, 1.82) is 0 Å². The first kappa shape index (κ1) is 19.9. The molecule has 0 aliphatic heterocycles. The van der Waals surface area contributed by atoms with E-state index in [9.17, 15) is 12.8 Å². The maximum Gasteiger partial charge on any atom is 0.194 e. The highest BCUT2D eigenvalue weighted by atomic mass is 32.2. The van der Waals surface area contributed by atoms with Crippen LogP contribution in [0.15, 0.2) is 53.5 Å². The molecule has 1 N–H and O–H groups in total. The van der Waals surface area contributed by atoms with Crippen LogP contribution in [0.25, 0.3) is 0 Å². The molecular formula is C19H24FN3O2S. The Labute approximate surface area is 154 Å². The van der Waals surface area contributed by atoms with E-state index in [1.807, 2.05) is 49.3 Å². The van der Waals surface area contributed by atoms with E-state index in [2.05, 4.69) is 10.3 Å². The first-order valence-electron chi connectivity index (χ1n) is 8.19. The summed E-state index contributed by atoms with van der Waals surface area (Å²) in [6.07, 6.45) is 1.17. The van der Waals surface area contributed by atoms with Gasteiger partial charge in [-0.1, -0.05) is 36.4 Å². The van der Waals surface area contributed by atoms with Crippen molar-refractivity contribution in [2.24, 2.45) is 4.99 Å². The average molecular weight is 377 g/mol. The molecule has 0 amide bonds. The summed E-state index contributed by atoms with van der Waals surface area (Å²) < 4.78 is 36.8. The molecule has 0 spiro atoms. The van der Waals surface area contributed by atoms with Crippen LogP contribution in [0, 0.1) is 5.82 Å².